The zero-order valence-electron chi connectivity index (χ0n) is 24.3. The summed E-state index contributed by atoms with van der Waals surface area (Å²) < 4.78 is 14.9. The number of piperidine rings is 1. The topological polar surface area (TPSA) is 108 Å². The lowest BCUT2D eigenvalue weighted by atomic mass is 9.92. The number of imide groups is 1. The van der Waals surface area contributed by atoms with Crippen molar-refractivity contribution in [1.29, 1.82) is 0 Å². The molecule has 218 valence electrons. The Kier molecular flexibility index (Phi) is 8.11. The molecule has 0 aliphatic carbocycles. The van der Waals surface area contributed by atoms with Gasteiger partial charge in [0.25, 0.3) is 17.7 Å². The molecule has 3 N–H and O–H groups in total. The van der Waals surface area contributed by atoms with E-state index in [1.807, 2.05) is 0 Å². The third-order valence-electron chi connectivity index (χ3n) is 8.15. The Hall–Kier alpha value is -4.53. The van der Waals surface area contributed by atoms with Gasteiger partial charge in [0.15, 0.2) is 0 Å². The molecule has 0 aromatic heterocycles. The van der Waals surface area contributed by atoms with Gasteiger partial charge in [-0.25, -0.2) is 4.39 Å². The van der Waals surface area contributed by atoms with Gasteiger partial charge in [-0.15, -0.1) is 0 Å². The summed E-state index contributed by atoms with van der Waals surface area (Å²) in [5.41, 5.74) is 6.40. The molecule has 1 saturated heterocycles. The number of benzene rings is 3. The molecular formula is C33H35FN4O4. The third kappa shape index (κ3) is 5.77. The molecule has 5 rings (SSSR count). The molecule has 0 spiro atoms. The maximum Gasteiger partial charge on any atom is 0.261 e. The van der Waals surface area contributed by atoms with Gasteiger partial charge in [-0.05, 0) is 78.3 Å². The molecule has 1 fully saturated rings. The van der Waals surface area contributed by atoms with E-state index >= 15 is 0 Å². The summed E-state index contributed by atoms with van der Waals surface area (Å²) in [7, 11) is 0. The highest BCUT2D eigenvalue weighted by atomic mass is 19.1. The van der Waals surface area contributed by atoms with Crippen LogP contribution in [0.15, 0.2) is 48.5 Å². The van der Waals surface area contributed by atoms with Crippen LogP contribution in [0.5, 0.6) is 0 Å². The van der Waals surface area contributed by atoms with Gasteiger partial charge in [0, 0.05) is 31.6 Å². The number of halogens is 1. The maximum atomic E-state index is 14.9. The molecule has 42 heavy (non-hydrogen) atoms. The van der Waals surface area contributed by atoms with Gasteiger partial charge in [-0.1, -0.05) is 38.1 Å². The molecule has 3 aromatic rings. The van der Waals surface area contributed by atoms with E-state index in [2.05, 4.69) is 55.8 Å². The Labute approximate surface area is 244 Å². The SMILES string of the molecule is Cc1cc(CNC(=O)c2ccc(CNc3cc4c(cc3F)C(=O)N(C3CCC(=O)NC3)C4=O)cc2)cc(C(C)C)c1C. The van der Waals surface area contributed by atoms with E-state index in [1.165, 1.54) is 22.8 Å². The van der Waals surface area contributed by atoms with Crippen LogP contribution in [0.4, 0.5) is 10.1 Å². The van der Waals surface area contributed by atoms with E-state index in [0.717, 1.165) is 22.1 Å². The van der Waals surface area contributed by atoms with Crippen LogP contribution in [0.1, 0.15) is 91.5 Å². The molecule has 2 aliphatic rings. The van der Waals surface area contributed by atoms with E-state index in [-0.39, 0.29) is 48.1 Å². The Balaban J connectivity index is 1.20. The van der Waals surface area contributed by atoms with Gasteiger partial charge >= 0.3 is 0 Å². The first-order valence-electron chi connectivity index (χ1n) is 14.2. The van der Waals surface area contributed by atoms with Crippen LogP contribution in [-0.4, -0.2) is 41.1 Å². The third-order valence-corrected chi connectivity index (χ3v) is 8.15. The van der Waals surface area contributed by atoms with E-state index in [1.54, 1.807) is 24.3 Å². The second-order valence-corrected chi connectivity index (χ2v) is 11.4. The minimum Gasteiger partial charge on any atom is -0.379 e. The molecule has 8 nitrogen and oxygen atoms in total. The lowest BCUT2D eigenvalue weighted by Gasteiger charge is -2.29. The number of fused-ring (bicyclic) bond motifs is 1. The molecule has 2 aliphatic heterocycles. The maximum absolute atomic E-state index is 14.9. The highest BCUT2D eigenvalue weighted by Gasteiger charge is 2.41. The van der Waals surface area contributed by atoms with Crippen LogP contribution in [-0.2, 0) is 17.9 Å². The fraction of sp³-hybridized carbons (Fsp3) is 0.333. The average molecular weight is 571 g/mol. The van der Waals surface area contributed by atoms with Gasteiger partial charge in [-0.3, -0.25) is 24.1 Å². The quantitative estimate of drug-likeness (QED) is 0.331. The Morgan fingerprint density at radius 2 is 1.67 bits per heavy atom. The standard InChI is InChI=1S/C33H35FN4O4/c1-18(2)25-12-22(11-19(3)20(25)4)16-37-31(40)23-7-5-21(6-8-23)15-35-29-14-27-26(13-28(29)34)32(41)38(33(27)42)24-9-10-30(39)36-17-24/h5-8,11-14,18,24,35H,9-10,15-17H2,1-4H3,(H,36,39)(H,37,40). The van der Waals surface area contributed by atoms with Gasteiger partial charge in [0.2, 0.25) is 5.91 Å². The molecule has 0 radical (unpaired) electrons. The number of rotatable bonds is 8. The lowest BCUT2D eigenvalue weighted by molar-refractivity contribution is -0.123. The van der Waals surface area contributed by atoms with Crippen molar-refractivity contribution in [3.8, 4) is 0 Å². The highest BCUT2D eigenvalue weighted by molar-refractivity contribution is 6.22. The van der Waals surface area contributed by atoms with E-state index < -0.39 is 23.7 Å². The van der Waals surface area contributed by atoms with E-state index in [4.69, 9.17) is 0 Å². The highest BCUT2D eigenvalue weighted by Crippen LogP contribution is 2.31. The van der Waals surface area contributed by atoms with Crippen molar-refractivity contribution in [2.75, 3.05) is 11.9 Å². The van der Waals surface area contributed by atoms with Crippen LogP contribution >= 0.6 is 0 Å². The second-order valence-electron chi connectivity index (χ2n) is 11.4. The molecular weight excluding hydrogens is 535 g/mol. The summed E-state index contributed by atoms with van der Waals surface area (Å²) in [5, 5.41) is 8.66. The van der Waals surface area contributed by atoms with Crippen molar-refractivity contribution < 1.29 is 23.6 Å². The summed E-state index contributed by atoms with van der Waals surface area (Å²) in [4.78, 5) is 51.3. The number of carbonyl (C=O) groups excluding carboxylic acids is 4. The summed E-state index contributed by atoms with van der Waals surface area (Å²) in [6.45, 7) is 9.39. The Bertz CT molecular complexity index is 1570. The lowest BCUT2D eigenvalue weighted by Crippen LogP contribution is -2.50. The predicted octanol–water partition coefficient (Wildman–Crippen LogP) is 4.98. The monoisotopic (exact) mass is 570 g/mol. The number of nitrogens with one attached hydrogen (secondary N) is 3. The number of carbonyl (C=O) groups is 4. The minimum atomic E-state index is -0.642. The molecule has 4 amide bonds. The van der Waals surface area contributed by atoms with Crippen molar-refractivity contribution in [1.82, 2.24) is 15.5 Å². The molecule has 1 unspecified atom stereocenters. The summed E-state index contributed by atoms with van der Waals surface area (Å²) in [6, 6.07) is 13.3. The van der Waals surface area contributed by atoms with Gasteiger partial charge in [0.1, 0.15) is 5.82 Å². The fourth-order valence-electron chi connectivity index (χ4n) is 5.61. The van der Waals surface area contributed by atoms with Crippen LogP contribution in [0.2, 0.25) is 0 Å². The molecule has 1 atom stereocenters. The first kappa shape index (κ1) is 29.0. The van der Waals surface area contributed by atoms with Crippen LogP contribution in [0.25, 0.3) is 0 Å². The summed E-state index contributed by atoms with van der Waals surface area (Å²) >= 11 is 0. The number of hydrogen-bond donors (Lipinski definition) is 3. The zero-order chi connectivity index (χ0) is 30.1. The first-order chi connectivity index (χ1) is 20.0. The molecule has 9 heteroatoms. The van der Waals surface area contributed by atoms with Gasteiger partial charge in [0.05, 0.1) is 22.9 Å². The van der Waals surface area contributed by atoms with Crippen molar-refractivity contribution >= 4 is 29.3 Å². The largest absolute Gasteiger partial charge is 0.379 e. The molecule has 0 bridgehead atoms. The summed E-state index contributed by atoms with van der Waals surface area (Å²) in [6.07, 6.45) is 0.606. The van der Waals surface area contributed by atoms with Crippen LogP contribution in [0, 0.1) is 19.7 Å². The predicted molar refractivity (Wildman–Crippen MR) is 158 cm³/mol. The Morgan fingerprint density at radius 1 is 0.976 bits per heavy atom. The number of amides is 4. The van der Waals surface area contributed by atoms with Gasteiger partial charge < -0.3 is 16.0 Å². The zero-order valence-corrected chi connectivity index (χ0v) is 24.3. The van der Waals surface area contributed by atoms with Crippen molar-refractivity contribution in [2.24, 2.45) is 0 Å². The van der Waals surface area contributed by atoms with Crippen molar-refractivity contribution in [3.63, 3.8) is 0 Å². The first-order valence-corrected chi connectivity index (χ1v) is 14.2. The molecule has 0 saturated carbocycles. The van der Waals surface area contributed by atoms with Crippen molar-refractivity contribution in [3.05, 3.63) is 98.9 Å². The second kappa shape index (κ2) is 11.8. The van der Waals surface area contributed by atoms with Gasteiger partial charge in [-0.2, -0.15) is 0 Å². The molecule has 3 aromatic carbocycles. The number of nitrogens with zero attached hydrogens (tertiary/aromatic N) is 1. The number of aryl methyl sites for hydroxylation is 1. The number of hydrogen-bond acceptors (Lipinski definition) is 5. The minimum absolute atomic E-state index is 0.0246. The molecule has 2 heterocycles. The van der Waals surface area contributed by atoms with Crippen LogP contribution < -0.4 is 16.0 Å². The van der Waals surface area contributed by atoms with E-state index in [9.17, 15) is 23.6 Å². The average Bonchev–Trinajstić information content (AvgIpc) is 3.20. The normalized spacial score (nSPS) is 16.5. The number of anilines is 1. The summed E-state index contributed by atoms with van der Waals surface area (Å²) in [5.74, 6) is -1.59. The smallest absolute Gasteiger partial charge is 0.261 e. The Morgan fingerprint density at radius 3 is 2.31 bits per heavy atom. The van der Waals surface area contributed by atoms with Crippen molar-refractivity contribution in [2.45, 2.75) is 65.6 Å². The van der Waals surface area contributed by atoms with Crippen LogP contribution in [0.3, 0.4) is 0 Å². The van der Waals surface area contributed by atoms with E-state index in [0.29, 0.717) is 24.4 Å². The fourth-order valence-corrected chi connectivity index (χ4v) is 5.61.